The third-order valence-corrected chi connectivity index (χ3v) is 5.28. The zero-order chi connectivity index (χ0) is 26.2. The molecular weight excluding hydrogens is 472 g/mol. The average molecular weight is 498 g/mol. The van der Waals surface area contributed by atoms with Crippen LogP contribution in [0.3, 0.4) is 0 Å². The van der Waals surface area contributed by atoms with E-state index in [1.165, 1.54) is 23.0 Å². The van der Waals surface area contributed by atoms with Gasteiger partial charge in [-0.05, 0) is 52.0 Å². The van der Waals surface area contributed by atoms with Crippen LogP contribution in [0, 0.1) is 11.6 Å². The first kappa shape index (κ1) is 25.0. The lowest BCUT2D eigenvalue weighted by molar-refractivity contribution is -0.120. The molecule has 3 heterocycles. The topological polar surface area (TPSA) is 106 Å². The molecular formula is C25H25F2N5O4. The molecule has 0 bridgehead atoms. The molecule has 11 heteroatoms. The Bertz CT molecular complexity index is 1340. The van der Waals surface area contributed by atoms with Crippen LogP contribution in [-0.2, 0) is 22.5 Å². The van der Waals surface area contributed by atoms with E-state index in [-0.39, 0.29) is 47.1 Å². The summed E-state index contributed by atoms with van der Waals surface area (Å²) in [4.78, 5) is 43.2. The molecule has 9 nitrogen and oxygen atoms in total. The Kier molecular flexibility index (Phi) is 6.57. The number of hydrogen-bond donors (Lipinski definition) is 1. The van der Waals surface area contributed by atoms with Gasteiger partial charge in [0.2, 0.25) is 5.91 Å². The molecule has 0 radical (unpaired) electrons. The number of ether oxygens (including phenoxy) is 1. The Morgan fingerprint density at radius 2 is 1.83 bits per heavy atom. The lowest BCUT2D eigenvalue weighted by atomic mass is 10.1. The molecule has 0 fully saturated rings. The maximum absolute atomic E-state index is 14.6. The van der Waals surface area contributed by atoms with E-state index in [4.69, 9.17) is 4.74 Å². The maximum atomic E-state index is 14.6. The molecule has 0 saturated carbocycles. The predicted molar refractivity (Wildman–Crippen MR) is 125 cm³/mol. The fourth-order valence-electron chi connectivity index (χ4n) is 3.82. The van der Waals surface area contributed by atoms with Crippen molar-refractivity contribution in [1.82, 2.24) is 25.0 Å². The standard InChI is InChI=1S/C25H25F2N5O4/c1-5-28-20(33)11-14-9-10-32(30-14)19-12-17(21-15(26)7-6-8-16(21)27)29-18-13-31(23(34)22(18)19)24(35)36-25(2,3)4/h6-10,12H,5,11,13H2,1-4H3,(H,28,33). The van der Waals surface area contributed by atoms with Crippen molar-refractivity contribution in [2.45, 2.75) is 46.3 Å². The van der Waals surface area contributed by atoms with Gasteiger partial charge in [-0.25, -0.2) is 28.1 Å². The first-order valence-electron chi connectivity index (χ1n) is 11.3. The van der Waals surface area contributed by atoms with Crippen LogP contribution in [0.5, 0.6) is 0 Å². The van der Waals surface area contributed by atoms with Gasteiger partial charge >= 0.3 is 6.09 Å². The van der Waals surface area contributed by atoms with E-state index in [1.807, 2.05) is 0 Å². The third-order valence-electron chi connectivity index (χ3n) is 5.28. The number of nitrogens with zero attached hydrogens (tertiary/aromatic N) is 4. The number of fused-ring (bicyclic) bond motifs is 1. The van der Waals surface area contributed by atoms with Crippen LogP contribution in [0.2, 0.25) is 0 Å². The molecule has 0 aliphatic carbocycles. The summed E-state index contributed by atoms with van der Waals surface area (Å²) in [5.74, 6) is -2.58. The summed E-state index contributed by atoms with van der Waals surface area (Å²) >= 11 is 0. The smallest absolute Gasteiger partial charge is 0.417 e. The van der Waals surface area contributed by atoms with E-state index in [0.717, 1.165) is 17.0 Å². The van der Waals surface area contributed by atoms with Crippen molar-refractivity contribution in [2.24, 2.45) is 0 Å². The number of aromatic nitrogens is 3. The number of carbonyl (C=O) groups is 3. The fraction of sp³-hybridized carbons (Fsp3) is 0.320. The summed E-state index contributed by atoms with van der Waals surface area (Å²) in [6.45, 7) is 7.02. The second-order valence-electron chi connectivity index (χ2n) is 9.20. The highest BCUT2D eigenvalue weighted by molar-refractivity contribution is 6.08. The Morgan fingerprint density at radius 3 is 2.47 bits per heavy atom. The van der Waals surface area contributed by atoms with Crippen molar-refractivity contribution < 1.29 is 27.9 Å². The van der Waals surface area contributed by atoms with E-state index in [1.54, 1.807) is 33.8 Å². The molecule has 0 saturated heterocycles. The molecule has 188 valence electrons. The molecule has 1 N–H and O–H groups in total. The molecule has 36 heavy (non-hydrogen) atoms. The largest absolute Gasteiger partial charge is 0.443 e. The molecule has 2 aromatic heterocycles. The summed E-state index contributed by atoms with van der Waals surface area (Å²) < 4.78 is 35.9. The molecule has 4 rings (SSSR count). The van der Waals surface area contributed by atoms with Crippen molar-refractivity contribution >= 4 is 17.9 Å². The van der Waals surface area contributed by atoms with Gasteiger partial charge in [0.1, 0.15) is 17.2 Å². The molecule has 1 aromatic carbocycles. The summed E-state index contributed by atoms with van der Waals surface area (Å²) in [6.07, 6.45) is 0.656. The van der Waals surface area contributed by atoms with Gasteiger partial charge in [0.25, 0.3) is 5.91 Å². The third kappa shape index (κ3) is 4.95. The number of nitrogens with one attached hydrogen (secondary N) is 1. The minimum Gasteiger partial charge on any atom is -0.443 e. The van der Waals surface area contributed by atoms with Crippen molar-refractivity contribution in [1.29, 1.82) is 0 Å². The molecule has 3 aromatic rings. The summed E-state index contributed by atoms with van der Waals surface area (Å²) in [6, 6.07) is 6.36. The molecule has 1 aliphatic heterocycles. The number of halogens is 2. The van der Waals surface area contributed by atoms with Crippen LogP contribution in [-0.4, -0.2) is 49.7 Å². The van der Waals surface area contributed by atoms with Gasteiger partial charge in [0.15, 0.2) is 0 Å². The van der Waals surface area contributed by atoms with Gasteiger partial charge in [-0.2, -0.15) is 5.10 Å². The van der Waals surface area contributed by atoms with E-state index in [9.17, 15) is 23.2 Å². The minimum absolute atomic E-state index is 0.000886. The van der Waals surface area contributed by atoms with Crippen molar-refractivity contribution in [2.75, 3.05) is 6.54 Å². The molecule has 1 aliphatic rings. The van der Waals surface area contributed by atoms with Crippen molar-refractivity contribution in [3.8, 4) is 16.9 Å². The number of carbonyl (C=O) groups excluding carboxylic acids is 3. The van der Waals surface area contributed by atoms with E-state index >= 15 is 0 Å². The number of benzene rings is 1. The lowest BCUT2D eigenvalue weighted by Gasteiger charge is -2.23. The maximum Gasteiger partial charge on any atom is 0.417 e. The zero-order valence-electron chi connectivity index (χ0n) is 20.3. The zero-order valence-corrected chi connectivity index (χ0v) is 20.3. The Labute approximate surface area is 206 Å². The SMILES string of the molecule is CCNC(=O)Cc1ccn(-c2cc(-c3c(F)cccc3F)nc3c2C(=O)N(C(=O)OC(C)(C)C)C3)n1. The summed E-state index contributed by atoms with van der Waals surface area (Å²) in [5, 5.41) is 7.06. The van der Waals surface area contributed by atoms with Gasteiger partial charge in [-0.1, -0.05) is 6.07 Å². The average Bonchev–Trinajstić information content (AvgIpc) is 3.37. The number of imide groups is 1. The van der Waals surface area contributed by atoms with E-state index in [2.05, 4.69) is 15.4 Å². The normalized spacial score (nSPS) is 13.1. The highest BCUT2D eigenvalue weighted by Gasteiger charge is 2.39. The van der Waals surface area contributed by atoms with Crippen LogP contribution in [0.15, 0.2) is 36.5 Å². The second kappa shape index (κ2) is 9.48. The van der Waals surface area contributed by atoms with Crippen molar-refractivity contribution in [3.63, 3.8) is 0 Å². The monoisotopic (exact) mass is 497 g/mol. The van der Waals surface area contributed by atoms with Crippen LogP contribution < -0.4 is 5.32 Å². The van der Waals surface area contributed by atoms with Crippen molar-refractivity contribution in [3.05, 3.63) is 65.1 Å². The number of rotatable bonds is 5. The van der Waals surface area contributed by atoms with Gasteiger partial charge in [-0.15, -0.1) is 0 Å². The Balaban J connectivity index is 1.82. The van der Waals surface area contributed by atoms with Gasteiger partial charge in [0, 0.05) is 12.7 Å². The Hall–Kier alpha value is -4.15. The molecule has 0 spiro atoms. The van der Waals surface area contributed by atoms with Gasteiger partial charge in [-0.3, -0.25) is 9.59 Å². The van der Waals surface area contributed by atoms with E-state index < -0.39 is 29.2 Å². The molecule has 0 atom stereocenters. The lowest BCUT2D eigenvalue weighted by Crippen LogP contribution is -2.37. The first-order valence-corrected chi connectivity index (χ1v) is 11.3. The first-order chi connectivity index (χ1) is 17.0. The molecule has 0 unspecified atom stereocenters. The fourth-order valence-corrected chi connectivity index (χ4v) is 3.82. The number of hydrogen-bond acceptors (Lipinski definition) is 6. The summed E-state index contributed by atoms with van der Waals surface area (Å²) in [5.41, 5.74) is -0.524. The second-order valence-corrected chi connectivity index (χ2v) is 9.20. The van der Waals surface area contributed by atoms with Gasteiger partial charge < -0.3 is 10.1 Å². The van der Waals surface area contributed by atoms with Crippen LogP contribution in [0.1, 0.15) is 49.4 Å². The minimum atomic E-state index is -0.868. The van der Waals surface area contributed by atoms with Crippen LogP contribution in [0.4, 0.5) is 13.6 Å². The number of pyridine rings is 1. The number of amides is 3. The molecule has 3 amide bonds. The predicted octanol–water partition coefficient (Wildman–Crippen LogP) is 3.78. The summed E-state index contributed by atoms with van der Waals surface area (Å²) in [7, 11) is 0. The quantitative estimate of drug-likeness (QED) is 0.575. The number of likely N-dealkylation sites (N-methyl/N-ethyl adjacent to an activating group) is 1. The highest BCUT2D eigenvalue weighted by atomic mass is 19.1. The van der Waals surface area contributed by atoms with Gasteiger partial charge in [0.05, 0.1) is 46.9 Å². The van der Waals surface area contributed by atoms with Crippen LogP contribution >= 0.6 is 0 Å². The van der Waals surface area contributed by atoms with E-state index in [0.29, 0.717) is 12.2 Å². The highest BCUT2D eigenvalue weighted by Crippen LogP contribution is 2.34. The Morgan fingerprint density at radius 1 is 1.14 bits per heavy atom. The van der Waals surface area contributed by atoms with Crippen LogP contribution in [0.25, 0.3) is 16.9 Å².